The van der Waals surface area contributed by atoms with Crippen molar-refractivity contribution in [3.63, 3.8) is 0 Å². The van der Waals surface area contributed by atoms with E-state index < -0.39 is 22.5 Å². The van der Waals surface area contributed by atoms with Gasteiger partial charge in [-0.1, -0.05) is 66.7 Å². The van der Waals surface area contributed by atoms with Gasteiger partial charge >= 0.3 is 0 Å². The third-order valence-corrected chi connectivity index (χ3v) is 7.92. The molecule has 0 unspecified atom stereocenters. The molecule has 0 saturated heterocycles. The molecule has 0 aliphatic carbocycles. The van der Waals surface area contributed by atoms with E-state index in [-0.39, 0.29) is 18.0 Å². The van der Waals surface area contributed by atoms with E-state index in [1.165, 1.54) is 12.1 Å². The normalized spacial score (nSPS) is 11.1. The molecule has 0 saturated carbocycles. The van der Waals surface area contributed by atoms with Crippen molar-refractivity contribution in [2.75, 3.05) is 24.0 Å². The average molecular weight is 553 g/mol. The van der Waals surface area contributed by atoms with Gasteiger partial charge in [0.25, 0.3) is 10.0 Å². The molecule has 0 aliphatic rings. The van der Waals surface area contributed by atoms with Gasteiger partial charge in [-0.2, -0.15) is 0 Å². The predicted octanol–water partition coefficient (Wildman–Crippen LogP) is 6.02. The minimum atomic E-state index is -4.01. The van der Waals surface area contributed by atoms with Gasteiger partial charge in [-0.15, -0.1) is 0 Å². The zero-order valence-corrected chi connectivity index (χ0v) is 22.5. The van der Waals surface area contributed by atoms with Crippen LogP contribution in [-0.2, 0) is 14.8 Å². The van der Waals surface area contributed by atoms with Crippen LogP contribution in [0, 0.1) is 0 Å². The maximum atomic E-state index is 13.6. The lowest BCUT2D eigenvalue weighted by Gasteiger charge is -2.24. The van der Waals surface area contributed by atoms with E-state index in [1.807, 2.05) is 72.8 Å². The van der Waals surface area contributed by atoms with E-state index in [1.54, 1.807) is 42.5 Å². The van der Waals surface area contributed by atoms with Crippen molar-refractivity contribution in [3.05, 3.63) is 127 Å². The SMILES string of the molecule is O=C(CN(c1ccc(Oc2ccccc2)cc1)S(=O)(=O)c1ccccc1)NCCOc1ccc2ccccc2c1. The molecule has 5 aromatic rings. The van der Waals surface area contributed by atoms with Gasteiger partial charge in [-0.3, -0.25) is 9.10 Å². The van der Waals surface area contributed by atoms with Gasteiger partial charge in [-0.05, 0) is 71.4 Å². The van der Waals surface area contributed by atoms with E-state index in [9.17, 15) is 13.2 Å². The summed E-state index contributed by atoms with van der Waals surface area (Å²) >= 11 is 0. The van der Waals surface area contributed by atoms with E-state index in [4.69, 9.17) is 9.47 Å². The molecule has 0 fully saturated rings. The first-order valence-electron chi connectivity index (χ1n) is 12.8. The summed E-state index contributed by atoms with van der Waals surface area (Å²) in [6.45, 7) is 0.0574. The van der Waals surface area contributed by atoms with Gasteiger partial charge in [0, 0.05) is 0 Å². The second kappa shape index (κ2) is 12.4. The number of nitrogens with one attached hydrogen (secondary N) is 1. The van der Waals surface area contributed by atoms with Crippen molar-refractivity contribution in [1.82, 2.24) is 5.32 Å². The number of carbonyl (C=O) groups excluding carboxylic acids is 1. The number of anilines is 1. The van der Waals surface area contributed by atoms with Crippen molar-refractivity contribution >= 4 is 32.4 Å². The van der Waals surface area contributed by atoms with Crippen LogP contribution < -0.4 is 19.1 Å². The number of fused-ring (bicyclic) bond motifs is 1. The minimum absolute atomic E-state index is 0.0899. The first-order valence-corrected chi connectivity index (χ1v) is 14.2. The monoisotopic (exact) mass is 552 g/mol. The van der Waals surface area contributed by atoms with Crippen LogP contribution in [0.4, 0.5) is 5.69 Å². The Bertz CT molecular complexity index is 1680. The van der Waals surface area contributed by atoms with Gasteiger partial charge in [-0.25, -0.2) is 8.42 Å². The number of sulfonamides is 1. The van der Waals surface area contributed by atoms with Crippen molar-refractivity contribution in [3.8, 4) is 17.2 Å². The summed E-state index contributed by atoms with van der Waals surface area (Å²) in [7, 11) is -4.01. The van der Waals surface area contributed by atoms with Crippen LogP contribution in [0.15, 0.2) is 132 Å². The molecule has 1 N–H and O–H groups in total. The van der Waals surface area contributed by atoms with E-state index in [2.05, 4.69) is 5.32 Å². The topological polar surface area (TPSA) is 84.9 Å². The molecule has 5 aromatic carbocycles. The number of carbonyl (C=O) groups is 1. The molecule has 8 heteroatoms. The molecular weight excluding hydrogens is 524 g/mol. The summed E-state index contributed by atoms with van der Waals surface area (Å²) in [4.78, 5) is 13.0. The number of nitrogens with zero attached hydrogens (tertiary/aromatic N) is 1. The number of rotatable bonds is 11. The molecule has 0 spiro atoms. The first-order chi connectivity index (χ1) is 19.5. The average Bonchev–Trinajstić information content (AvgIpc) is 2.99. The zero-order chi connectivity index (χ0) is 27.8. The van der Waals surface area contributed by atoms with Crippen molar-refractivity contribution < 1.29 is 22.7 Å². The van der Waals surface area contributed by atoms with Crippen LogP contribution in [0.1, 0.15) is 0 Å². The van der Waals surface area contributed by atoms with Crippen LogP contribution in [-0.4, -0.2) is 34.0 Å². The quantitative estimate of drug-likeness (QED) is 0.203. The highest BCUT2D eigenvalue weighted by atomic mass is 32.2. The fourth-order valence-corrected chi connectivity index (χ4v) is 5.58. The maximum absolute atomic E-state index is 13.6. The fraction of sp³-hybridized carbons (Fsp3) is 0.0938. The fourth-order valence-electron chi connectivity index (χ4n) is 4.14. The van der Waals surface area contributed by atoms with Gasteiger partial charge < -0.3 is 14.8 Å². The van der Waals surface area contributed by atoms with Crippen molar-refractivity contribution in [2.45, 2.75) is 4.90 Å². The van der Waals surface area contributed by atoms with E-state index in [0.29, 0.717) is 22.9 Å². The molecule has 5 rings (SSSR count). The number of hydrogen-bond donors (Lipinski definition) is 1. The van der Waals surface area contributed by atoms with Crippen LogP contribution in [0.25, 0.3) is 10.8 Å². The summed E-state index contributed by atoms with van der Waals surface area (Å²) in [5, 5.41) is 4.94. The Balaban J connectivity index is 1.26. The standard InChI is InChI=1S/C32H28N2O5S/c35-32(33-21-22-38-30-18-15-25-9-7-8-10-26(25)23-30)24-34(40(36,37)31-13-5-2-6-14-31)27-16-19-29(20-17-27)39-28-11-3-1-4-12-28/h1-20,23H,21-22,24H2,(H,33,35). The molecule has 1 amide bonds. The minimum Gasteiger partial charge on any atom is -0.492 e. The number of hydrogen-bond acceptors (Lipinski definition) is 5. The Morgan fingerprint density at radius 1 is 0.675 bits per heavy atom. The molecule has 0 atom stereocenters. The van der Waals surface area contributed by atoms with Crippen molar-refractivity contribution in [1.29, 1.82) is 0 Å². The molecule has 0 aromatic heterocycles. The summed E-state index contributed by atoms with van der Waals surface area (Å²) < 4.78 is 39.8. The van der Waals surface area contributed by atoms with Gasteiger partial charge in [0.15, 0.2) is 0 Å². The number of amides is 1. The molecule has 0 radical (unpaired) electrons. The van der Waals surface area contributed by atoms with Gasteiger partial charge in [0.1, 0.15) is 30.4 Å². The van der Waals surface area contributed by atoms with Crippen LogP contribution in [0.5, 0.6) is 17.2 Å². The third-order valence-electron chi connectivity index (χ3n) is 6.14. The Morgan fingerprint density at radius 2 is 1.27 bits per heavy atom. The summed E-state index contributed by atoms with van der Waals surface area (Å²) in [6, 6.07) is 37.7. The molecule has 202 valence electrons. The number of para-hydroxylation sites is 1. The highest BCUT2D eigenvalue weighted by Crippen LogP contribution is 2.28. The number of ether oxygens (including phenoxy) is 2. The molecular formula is C32H28N2O5S. The summed E-state index contributed by atoms with van der Waals surface area (Å²) in [5.74, 6) is 1.45. The smallest absolute Gasteiger partial charge is 0.264 e. The molecule has 0 heterocycles. The van der Waals surface area contributed by atoms with Gasteiger partial charge in [0.05, 0.1) is 17.1 Å². The number of benzene rings is 5. The Hall–Kier alpha value is -4.82. The lowest BCUT2D eigenvalue weighted by atomic mass is 10.1. The maximum Gasteiger partial charge on any atom is 0.264 e. The molecule has 7 nitrogen and oxygen atoms in total. The lowest BCUT2D eigenvalue weighted by Crippen LogP contribution is -2.41. The largest absolute Gasteiger partial charge is 0.492 e. The Kier molecular flexibility index (Phi) is 8.27. The van der Waals surface area contributed by atoms with Gasteiger partial charge in [0.2, 0.25) is 5.91 Å². The molecule has 0 aliphatic heterocycles. The van der Waals surface area contributed by atoms with Crippen LogP contribution in [0.2, 0.25) is 0 Å². The van der Waals surface area contributed by atoms with E-state index in [0.717, 1.165) is 15.1 Å². The first kappa shape index (κ1) is 26.8. The Morgan fingerprint density at radius 3 is 2.00 bits per heavy atom. The Labute approximate surface area is 233 Å². The zero-order valence-electron chi connectivity index (χ0n) is 21.6. The second-order valence-corrected chi connectivity index (χ2v) is 10.8. The van der Waals surface area contributed by atoms with Crippen LogP contribution >= 0.6 is 0 Å². The molecule has 40 heavy (non-hydrogen) atoms. The van der Waals surface area contributed by atoms with Crippen LogP contribution in [0.3, 0.4) is 0 Å². The second-order valence-electron chi connectivity index (χ2n) is 8.94. The lowest BCUT2D eigenvalue weighted by molar-refractivity contribution is -0.119. The van der Waals surface area contributed by atoms with E-state index >= 15 is 0 Å². The predicted molar refractivity (Wildman–Crippen MR) is 156 cm³/mol. The molecule has 0 bridgehead atoms. The summed E-state index contributed by atoms with van der Waals surface area (Å²) in [5.41, 5.74) is 0.340. The summed E-state index contributed by atoms with van der Waals surface area (Å²) in [6.07, 6.45) is 0. The third kappa shape index (κ3) is 6.59. The van der Waals surface area contributed by atoms with Crippen molar-refractivity contribution in [2.24, 2.45) is 0 Å². The highest BCUT2D eigenvalue weighted by Gasteiger charge is 2.27. The highest BCUT2D eigenvalue weighted by molar-refractivity contribution is 7.92.